The number of rotatable bonds is 1. The summed E-state index contributed by atoms with van der Waals surface area (Å²) in [6, 6.07) is 5.01. The number of piperidine rings is 1. The van der Waals surface area contributed by atoms with Crippen molar-refractivity contribution in [3.63, 3.8) is 0 Å². The normalized spacial score (nSPS) is 26.8. The second-order valence-corrected chi connectivity index (χ2v) is 5.89. The summed E-state index contributed by atoms with van der Waals surface area (Å²) in [4.78, 5) is 14.7. The van der Waals surface area contributed by atoms with Crippen molar-refractivity contribution >= 4 is 11.6 Å². The third kappa shape index (κ3) is 1.86. The van der Waals surface area contributed by atoms with E-state index in [-0.39, 0.29) is 11.7 Å². The Balaban J connectivity index is 2.04. The zero-order valence-electron chi connectivity index (χ0n) is 11.4. The Morgan fingerprint density at radius 1 is 1.42 bits per heavy atom. The van der Waals surface area contributed by atoms with E-state index in [0.717, 1.165) is 30.6 Å². The molecule has 0 aliphatic carbocycles. The van der Waals surface area contributed by atoms with Gasteiger partial charge in [0.05, 0.1) is 5.41 Å². The van der Waals surface area contributed by atoms with Crippen LogP contribution in [0.1, 0.15) is 32.3 Å². The number of amides is 1. The monoisotopic (exact) mass is 262 g/mol. The van der Waals surface area contributed by atoms with Gasteiger partial charge in [-0.15, -0.1) is 0 Å². The van der Waals surface area contributed by atoms with E-state index >= 15 is 0 Å². The van der Waals surface area contributed by atoms with Crippen LogP contribution in [0.15, 0.2) is 18.2 Å². The van der Waals surface area contributed by atoms with Crippen LogP contribution < -0.4 is 5.32 Å². The standard InChI is InChI=1S/C15H19FN2O/c1-10(2)18-7-3-6-15(9-18)12-8-11(16)4-5-13(12)17-14(15)19/h4-5,8,10H,3,6-7,9H2,1-2H3,(H,17,19)/t15-/m0/s1. The van der Waals surface area contributed by atoms with E-state index in [0.29, 0.717) is 12.6 Å². The van der Waals surface area contributed by atoms with Crippen molar-refractivity contribution in [1.29, 1.82) is 0 Å². The van der Waals surface area contributed by atoms with Gasteiger partial charge >= 0.3 is 0 Å². The summed E-state index contributed by atoms with van der Waals surface area (Å²) in [5.41, 5.74) is 1.06. The Morgan fingerprint density at radius 2 is 2.21 bits per heavy atom. The largest absolute Gasteiger partial charge is 0.325 e. The van der Waals surface area contributed by atoms with Gasteiger partial charge in [-0.3, -0.25) is 9.69 Å². The SMILES string of the molecule is CC(C)N1CCC[C@@]2(C1)C(=O)Nc1ccc(F)cc12. The van der Waals surface area contributed by atoms with Gasteiger partial charge in [-0.05, 0) is 57.0 Å². The van der Waals surface area contributed by atoms with Crippen molar-refractivity contribution in [2.24, 2.45) is 0 Å². The molecule has 1 atom stereocenters. The maximum absolute atomic E-state index is 13.5. The molecule has 0 radical (unpaired) electrons. The van der Waals surface area contributed by atoms with Crippen molar-refractivity contribution in [1.82, 2.24) is 4.90 Å². The zero-order valence-corrected chi connectivity index (χ0v) is 11.4. The molecule has 102 valence electrons. The summed E-state index contributed by atoms with van der Waals surface area (Å²) in [5, 5.41) is 2.91. The van der Waals surface area contributed by atoms with Crippen molar-refractivity contribution in [2.45, 2.75) is 38.1 Å². The van der Waals surface area contributed by atoms with Crippen LogP contribution >= 0.6 is 0 Å². The Hall–Kier alpha value is -1.42. The first-order valence-electron chi connectivity index (χ1n) is 6.88. The van der Waals surface area contributed by atoms with Crippen molar-refractivity contribution in [3.05, 3.63) is 29.6 Å². The quantitative estimate of drug-likeness (QED) is 0.843. The lowest BCUT2D eigenvalue weighted by molar-refractivity contribution is -0.123. The number of nitrogens with one attached hydrogen (secondary N) is 1. The van der Waals surface area contributed by atoms with Gasteiger partial charge in [0.2, 0.25) is 5.91 Å². The highest BCUT2D eigenvalue weighted by molar-refractivity contribution is 6.06. The summed E-state index contributed by atoms with van der Waals surface area (Å²) in [5.74, 6) is -0.241. The van der Waals surface area contributed by atoms with E-state index < -0.39 is 5.41 Å². The molecule has 1 amide bonds. The molecule has 1 spiro atoms. The molecule has 1 N–H and O–H groups in total. The topological polar surface area (TPSA) is 32.3 Å². The van der Waals surface area contributed by atoms with Gasteiger partial charge in [0.1, 0.15) is 5.82 Å². The molecule has 1 aromatic rings. The van der Waals surface area contributed by atoms with Gasteiger partial charge in [-0.1, -0.05) is 0 Å². The van der Waals surface area contributed by atoms with E-state index in [2.05, 4.69) is 24.1 Å². The lowest BCUT2D eigenvalue weighted by atomic mass is 9.74. The van der Waals surface area contributed by atoms with Gasteiger partial charge in [0.25, 0.3) is 0 Å². The molecule has 1 fully saturated rings. The van der Waals surface area contributed by atoms with Crippen molar-refractivity contribution < 1.29 is 9.18 Å². The predicted octanol–water partition coefficient (Wildman–Crippen LogP) is 2.52. The number of fused-ring (bicyclic) bond motifs is 2. The van der Waals surface area contributed by atoms with Crippen LogP contribution in [0.5, 0.6) is 0 Å². The van der Waals surface area contributed by atoms with E-state index in [4.69, 9.17) is 0 Å². The fourth-order valence-electron chi connectivity index (χ4n) is 3.32. The Bertz CT molecular complexity index is 529. The van der Waals surface area contributed by atoms with Gasteiger partial charge in [-0.2, -0.15) is 0 Å². The summed E-state index contributed by atoms with van der Waals surface area (Å²) in [6.45, 7) is 5.97. The molecule has 2 heterocycles. The van der Waals surface area contributed by atoms with Crippen LogP contribution in [0.25, 0.3) is 0 Å². The molecule has 0 bridgehead atoms. The second kappa shape index (κ2) is 4.30. The molecule has 4 heteroatoms. The van der Waals surface area contributed by atoms with Crippen LogP contribution in [0, 0.1) is 5.82 Å². The summed E-state index contributed by atoms with van der Waals surface area (Å²) < 4.78 is 13.5. The molecule has 0 aromatic heterocycles. The fourth-order valence-corrected chi connectivity index (χ4v) is 3.32. The van der Waals surface area contributed by atoms with Crippen LogP contribution in [-0.4, -0.2) is 29.9 Å². The number of nitrogens with zero attached hydrogens (tertiary/aromatic N) is 1. The summed E-state index contributed by atoms with van der Waals surface area (Å²) in [6.07, 6.45) is 1.78. The van der Waals surface area contributed by atoms with Crippen LogP contribution in [0.4, 0.5) is 10.1 Å². The van der Waals surface area contributed by atoms with Gasteiger partial charge in [0.15, 0.2) is 0 Å². The maximum Gasteiger partial charge on any atom is 0.236 e. The highest BCUT2D eigenvalue weighted by Gasteiger charge is 2.49. The molecule has 2 aliphatic heterocycles. The number of hydrogen-bond donors (Lipinski definition) is 1. The second-order valence-electron chi connectivity index (χ2n) is 5.89. The minimum Gasteiger partial charge on any atom is -0.325 e. The van der Waals surface area contributed by atoms with E-state index in [9.17, 15) is 9.18 Å². The first-order chi connectivity index (χ1) is 9.03. The molecule has 19 heavy (non-hydrogen) atoms. The number of halogens is 1. The highest BCUT2D eigenvalue weighted by atomic mass is 19.1. The Labute approximate surface area is 112 Å². The maximum atomic E-state index is 13.5. The number of hydrogen-bond acceptors (Lipinski definition) is 2. The minimum absolute atomic E-state index is 0.0263. The number of benzene rings is 1. The number of carbonyl (C=O) groups excluding carboxylic acids is 1. The highest BCUT2D eigenvalue weighted by Crippen LogP contribution is 2.44. The number of anilines is 1. The third-order valence-electron chi connectivity index (χ3n) is 4.43. The third-order valence-corrected chi connectivity index (χ3v) is 4.43. The van der Waals surface area contributed by atoms with Crippen molar-refractivity contribution in [2.75, 3.05) is 18.4 Å². The zero-order chi connectivity index (χ0) is 13.6. The number of likely N-dealkylation sites (tertiary alicyclic amines) is 1. The molecule has 0 saturated carbocycles. The Kier molecular flexibility index (Phi) is 2.86. The van der Waals surface area contributed by atoms with Gasteiger partial charge in [0, 0.05) is 18.3 Å². The van der Waals surface area contributed by atoms with Crippen LogP contribution in [0.3, 0.4) is 0 Å². The Morgan fingerprint density at radius 3 is 2.95 bits per heavy atom. The molecule has 1 saturated heterocycles. The molecular weight excluding hydrogens is 243 g/mol. The average molecular weight is 262 g/mol. The van der Waals surface area contributed by atoms with E-state index in [1.165, 1.54) is 12.1 Å². The molecule has 3 nitrogen and oxygen atoms in total. The van der Waals surface area contributed by atoms with Gasteiger partial charge < -0.3 is 5.32 Å². The molecule has 0 unspecified atom stereocenters. The molecule has 1 aromatic carbocycles. The first-order valence-corrected chi connectivity index (χ1v) is 6.88. The summed E-state index contributed by atoms with van der Waals surface area (Å²) >= 11 is 0. The van der Waals surface area contributed by atoms with E-state index in [1.807, 2.05) is 0 Å². The lowest BCUT2D eigenvalue weighted by Gasteiger charge is -2.41. The molecular formula is C15H19FN2O. The fraction of sp³-hybridized carbons (Fsp3) is 0.533. The average Bonchev–Trinajstić information content (AvgIpc) is 2.63. The number of carbonyl (C=O) groups is 1. The van der Waals surface area contributed by atoms with Crippen molar-refractivity contribution in [3.8, 4) is 0 Å². The molecule has 2 aliphatic rings. The smallest absolute Gasteiger partial charge is 0.236 e. The van der Waals surface area contributed by atoms with Gasteiger partial charge in [-0.25, -0.2) is 4.39 Å². The van der Waals surface area contributed by atoms with Crippen LogP contribution in [0.2, 0.25) is 0 Å². The molecule has 3 rings (SSSR count). The van der Waals surface area contributed by atoms with E-state index in [1.54, 1.807) is 6.07 Å². The predicted molar refractivity (Wildman–Crippen MR) is 72.7 cm³/mol. The summed E-state index contributed by atoms with van der Waals surface area (Å²) in [7, 11) is 0. The minimum atomic E-state index is -0.556. The lowest BCUT2D eigenvalue weighted by Crippen LogP contribution is -2.52. The first kappa shape index (κ1) is 12.6. The van der Waals surface area contributed by atoms with Crippen LogP contribution in [-0.2, 0) is 10.2 Å².